The first-order valence-corrected chi connectivity index (χ1v) is 8.47. The van der Waals surface area contributed by atoms with Crippen molar-refractivity contribution in [3.63, 3.8) is 0 Å². The minimum Gasteiger partial charge on any atom is -0.456 e. The van der Waals surface area contributed by atoms with Crippen molar-refractivity contribution >= 4 is 29.9 Å². The molecule has 2 fully saturated rings. The number of benzene rings is 1. The van der Waals surface area contributed by atoms with E-state index in [-0.39, 0.29) is 12.2 Å². The molecular weight excluding hydrogens is 349 g/mol. The molecule has 1 N–H and O–H groups in total. The van der Waals surface area contributed by atoms with Crippen molar-refractivity contribution in [3.05, 3.63) is 52.5 Å². The molecule has 3 rings (SSSR count). The Bertz CT molecular complexity index is 651. The van der Waals surface area contributed by atoms with Gasteiger partial charge in [0.15, 0.2) is 0 Å². The normalized spacial score (nSPS) is 24.2. The van der Waals surface area contributed by atoms with Crippen molar-refractivity contribution in [1.29, 1.82) is 0 Å². The Morgan fingerprint density at radius 2 is 2.04 bits per heavy atom. The zero-order valence-corrected chi connectivity index (χ0v) is 14.6. The van der Waals surface area contributed by atoms with Crippen molar-refractivity contribution in [1.82, 2.24) is 10.2 Å². The third kappa shape index (κ3) is 4.51. The first-order valence-electron chi connectivity index (χ1n) is 7.71. The SMILES string of the molecule is C=NC=C(C=CN1CC2CNCC(C1)O2)Oc1ccc(Cl)c(Cl)c1. The maximum atomic E-state index is 6.01. The van der Waals surface area contributed by atoms with Crippen LogP contribution in [-0.4, -0.2) is 50.0 Å². The van der Waals surface area contributed by atoms with Crippen LogP contribution in [0.3, 0.4) is 0 Å². The van der Waals surface area contributed by atoms with Gasteiger partial charge in [-0.2, -0.15) is 0 Å². The Labute approximate surface area is 151 Å². The number of nitrogens with zero attached hydrogens (tertiary/aromatic N) is 2. The number of halogens is 2. The summed E-state index contributed by atoms with van der Waals surface area (Å²) in [6, 6.07) is 5.11. The predicted octanol–water partition coefficient (Wildman–Crippen LogP) is 3.10. The van der Waals surface area contributed by atoms with E-state index in [1.807, 2.05) is 12.3 Å². The van der Waals surface area contributed by atoms with E-state index in [4.69, 9.17) is 32.7 Å². The Hall–Kier alpha value is -1.53. The topological polar surface area (TPSA) is 46.1 Å². The lowest BCUT2D eigenvalue weighted by atomic mass is 10.1. The second-order valence-electron chi connectivity index (χ2n) is 5.70. The van der Waals surface area contributed by atoms with Gasteiger partial charge in [-0.25, -0.2) is 0 Å². The fraction of sp³-hybridized carbons (Fsp3) is 0.353. The van der Waals surface area contributed by atoms with E-state index in [0.29, 0.717) is 21.6 Å². The zero-order chi connectivity index (χ0) is 16.9. The fourth-order valence-electron chi connectivity index (χ4n) is 2.76. The highest BCUT2D eigenvalue weighted by molar-refractivity contribution is 6.42. The van der Waals surface area contributed by atoms with Gasteiger partial charge < -0.3 is 19.7 Å². The highest BCUT2D eigenvalue weighted by Crippen LogP contribution is 2.27. The van der Waals surface area contributed by atoms with Gasteiger partial charge in [0.1, 0.15) is 11.5 Å². The Balaban J connectivity index is 1.66. The quantitative estimate of drug-likeness (QED) is 0.493. The third-order valence-electron chi connectivity index (χ3n) is 3.80. The fourth-order valence-corrected chi connectivity index (χ4v) is 3.04. The van der Waals surface area contributed by atoms with E-state index < -0.39 is 0 Å². The molecule has 7 heteroatoms. The summed E-state index contributed by atoms with van der Waals surface area (Å²) in [4.78, 5) is 6.02. The van der Waals surface area contributed by atoms with E-state index >= 15 is 0 Å². The molecule has 2 atom stereocenters. The van der Waals surface area contributed by atoms with Crippen LogP contribution in [0.15, 0.2) is 47.4 Å². The molecule has 2 heterocycles. The Morgan fingerprint density at radius 1 is 1.29 bits per heavy atom. The second-order valence-corrected chi connectivity index (χ2v) is 6.51. The lowest BCUT2D eigenvalue weighted by Gasteiger charge is -2.41. The van der Waals surface area contributed by atoms with Crippen LogP contribution in [0.2, 0.25) is 10.0 Å². The van der Waals surface area contributed by atoms with Crippen LogP contribution in [0.1, 0.15) is 0 Å². The number of aliphatic imine (C=N–C) groups is 1. The molecule has 2 bridgehead atoms. The molecule has 0 saturated carbocycles. The third-order valence-corrected chi connectivity index (χ3v) is 4.54. The minimum absolute atomic E-state index is 0.225. The molecule has 128 valence electrons. The largest absolute Gasteiger partial charge is 0.456 e. The van der Waals surface area contributed by atoms with Crippen molar-refractivity contribution in [2.75, 3.05) is 26.2 Å². The number of nitrogens with one attached hydrogen (secondary N) is 1. The number of fused-ring (bicyclic) bond motifs is 2. The van der Waals surface area contributed by atoms with Crippen molar-refractivity contribution < 1.29 is 9.47 Å². The predicted molar refractivity (Wildman–Crippen MR) is 97.0 cm³/mol. The maximum absolute atomic E-state index is 6.01. The second kappa shape index (κ2) is 8.03. The molecule has 5 nitrogen and oxygen atoms in total. The molecule has 0 radical (unpaired) electrons. The van der Waals surface area contributed by atoms with E-state index in [0.717, 1.165) is 26.2 Å². The van der Waals surface area contributed by atoms with Gasteiger partial charge in [-0.1, -0.05) is 23.2 Å². The van der Waals surface area contributed by atoms with Gasteiger partial charge in [0.25, 0.3) is 0 Å². The molecule has 1 aromatic rings. The molecule has 24 heavy (non-hydrogen) atoms. The summed E-state index contributed by atoms with van der Waals surface area (Å²) in [6.45, 7) is 6.96. The van der Waals surface area contributed by atoms with Crippen LogP contribution >= 0.6 is 23.2 Å². The number of allylic oxidation sites excluding steroid dienone is 1. The Kier molecular flexibility index (Phi) is 5.79. The lowest BCUT2D eigenvalue weighted by Crippen LogP contribution is -2.56. The molecule has 0 aromatic heterocycles. The van der Waals surface area contributed by atoms with Crippen LogP contribution in [0.5, 0.6) is 5.75 Å². The van der Waals surface area contributed by atoms with Crippen molar-refractivity contribution in [3.8, 4) is 5.75 Å². The van der Waals surface area contributed by atoms with E-state index in [1.54, 1.807) is 24.4 Å². The van der Waals surface area contributed by atoms with E-state index in [9.17, 15) is 0 Å². The molecule has 0 spiro atoms. The monoisotopic (exact) mass is 367 g/mol. The van der Waals surface area contributed by atoms with Crippen molar-refractivity contribution in [2.24, 2.45) is 4.99 Å². The summed E-state index contributed by atoms with van der Waals surface area (Å²) in [5.74, 6) is 1.16. The van der Waals surface area contributed by atoms with Crippen molar-refractivity contribution in [2.45, 2.75) is 12.2 Å². The van der Waals surface area contributed by atoms with Gasteiger partial charge in [0.2, 0.25) is 0 Å². The standard InChI is InChI=1S/C17H19Cl2N3O2/c1-20-7-13(23-12-2-3-16(18)17(19)6-12)4-5-22-10-14-8-21-9-15(11-22)24-14/h2-7,14-15,21H,1,8-11H2. The average Bonchev–Trinajstić information content (AvgIpc) is 2.56. The van der Waals surface area contributed by atoms with Gasteiger partial charge >= 0.3 is 0 Å². The zero-order valence-electron chi connectivity index (χ0n) is 13.1. The molecule has 0 amide bonds. The first-order chi connectivity index (χ1) is 11.6. The number of ether oxygens (including phenoxy) is 2. The molecule has 2 aliphatic heterocycles. The van der Waals surface area contributed by atoms with Gasteiger partial charge in [-0.15, -0.1) is 0 Å². The van der Waals surface area contributed by atoms with Crippen LogP contribution < -0.4 is 10.1 Å². The summed E-state index contributed by atoms with van der Waals surface area (Å²) in [7, 11) is 0. The highest BCUT2D eigenvalue weighted by Gasteiger charge is 2.29. The smallest absolute Gasteiger partial charge is 0.147 e. The number of hydrogen-bond acceptors (Lipinski definition) is 5. The number of morpholine rings is 2. The minimum atomic E-state index is 0.225. The Morgan fingerprint density at radius 3 is 2.71 bits per heavy atom. The first kappa shape index (κ1) is 17.3. The van der Waals surface area contributed by atoms with Crippen LogP contribution in [0.4, 0.5) is 0 Å². The van der Waals surface area contributed by atoms with Gasteiger partial charge in [-0.3, -0.25) is 4.99 Å². The van der Waals surface area contributed by atoms with E-state index in [2.05, 4.69) is 21.9 Å². The van der Waals surface area contributed by atoms with Crippen LogP contribution in [-0.2, 0) is 4.74 Å². The highest BCUT2D eigenvalue weighted by atomic mass is 35.5. The molecule has 2 unspecified atom stereocenters. The van der Waals surface area contributed by atoms with Crippen LogP contribution in [0.25, 0.3) is 0 Å². The summed E-state index contributed by atoms with van der Waals surface area (Å²) < 4.78 is 11.7. The lowest BCUT2D eigenvalue weighted by molar-refractivity contribution is -0.0911. The van der Waals surface area contributed by atoms with Gasteiger partial charge in [0, 0.05) is 38.4 Å². The summed E-state index contributed by atoms with van der Waals surface area (Å²) in [6.07, 6.45) is 5.88. The molecule has 2 aliphatic rings. The number of rotatable bonds is 5. The summed E-state index contributed by atoms with van der Waals surface area (Å²) in [5.41, 5.74) is 0. The molecule has 0 aliphatic carbocycles. The number of hydrogen-bond donors (Lipinski definition) is 1. The molecular formula is C17H19Cl2N3O2. The summed E-state index contributed by atoms with van der Waals surface area (Å²) in [5, 5.41) is 4.31. The average molecular weight is 368 g/mol. The maximum Gasteiger partial charge on any atom is 0.147 e. The van der Waals surface area contributed by atoms with Gasteiger partial charge in [-0.05, 0) is 24.9 Å². The summed E-state index contributed by atoms with van der Waals surface area (Å²) >= 11 is 11.9. The molecule has 1 aromatic carbocycles. The molecule has 2 saturated heterocycles. The van der Waals surface area contributed by atoms with Gasteiger partial charge in [0.05, 0.1) is 28.5 Å². The van der Waals surface area contributed by atoms with E-state index in [1.165, 1.54) is 0 Å². The van der Waals surface area contributed by atoms with Crippen LogP contribution in [0, 0.1) is 0 Å².